The van der Waals surface area contributed by atoms with Gasteiger partial charge in [0.25, 0.3) is 0 Å². The molecule has 0 spiro atoms. The minimum atomic E-state index is -4.43. The smallest absolute Gasteiger partial charge is 0.294 e. The second-order valence-electron chi connectivity index (χ2n) is 8.10. The van der Waals surface area contributed by atoms with Gasteiger partial charge >= 0.3 is 6.18 Å². The van der Waals surface area contributed by atoms with Crippen LogP contribution in [-0.4, -0.2) is 22.8 Å². The number of Topliss-reactive ketones (excluding diaryl/α,β-unsaturated/α-hetero) is 1. The van der Waals surface area contributed by atoms with Crippen molar-refractivity contribution < 1.29 is 18.0 Å². The quantitative estimate of drug-likeness (QED) is 0.633. The van der Waals surface area contributed by atoms with Crippen LogP contribution in [0.25, 0.3) is 0 Å². The third kappa shape index (κ3) is 3.72. The number of hydrogen-bond acceptors (Lipinski definition) is 2. The van der Waals surface area contributed by atoms with Gasteiger partial charge in [-0.3, -0.25) is 9.69 Å². The Hall–Kier alpha value is -2.14. The van der Waals surface area contributed by atoms with E-state index in [0.717, 1.165) is 38.3 Å². The van der Waals surface area contributed by atoms with Crippen LogP contribution < -0.4 is 0 Å². The Kier molecular flexibility index (Phi) is 5.04. The zero-order chi connectivity index (χ0) is 19.9. The van der Waals surface area contributed by atoms with Crippen LogP contribution in [0.2, 0.25) is 0 Å². The number of carbonyl (C=O) groups is 1. The summed E-state index contributed by atoms with van der Waals surface area (Å²) in [6, 6.07) is 15.0. The molecule has 0 N–H and O–H groups in total. The van der Waals surface area contributed by atoms with Crippen LogP contribution in [0.4, 0.5) is 13.2 Å². The molecule has 0 radical (unpaired) electrons. The molecule has 0 aromatic heterocycles. The van der Waals surface area contributed by atoms with Crippen LogP contribution in [0, 0.1) is 12.8 Å². The van der Waals surface area contributed by atoms with Gasteiger partial charge in [0, 0.05) is 30.1 Å². The van der Waals surface area contributed by atoms with Gasteiger partial charge in [-0.2, -0.15) is 13.2 Å². The van der Waals surface area contributed by atoms with Crippen molar-refractivity contribution in [3.8, 4) is 0 Å². The normalized spacial score (nSPS) is 25.1. The van der Waals surface area contributed by atoms with Gasteiger partial charge in [-0.05, 0) is 49.8 Å². The first-order valence-corrected chi connectivity index (χ1v) is 9.84. The monoisotopic (exact) mass is 387 g/mol. The Morgan fingerprint density at radius 1 is 1.04 bits per heavy atom. The van der Waals surface area contributed by atoms with E-state index in [1.807, 2.05) is 18.2 Å². The van der Waals surface area contributed by atoms with Crippen LogP contribution >= 0.6 is 0 Å². The molecule has 148 valence electrons. The van der Waals surface area contributed by atoms with Crippen molar-refractivity contribution in [2.75, 3.05) is 0 Å². The third-order valence-electron chi connectivity index (χ3n) is 6.29. The molecule has 2 unspecified atom stereocenters. The summed E-state index contributed by atoms with van der Waals surface area (Å²) in [5, 5.41) is 0. The van der Waals surface area contributed by atoms with E-state index in [4.69, 9.17) is 0 Å². The summed E-state index contributed by atoms with van der Waals surface area (Å²) in [5.41, 5.74) is 0.904. The number of piperidine rings is 1. The van der Waals surface area contributed by atoms with E-state index < -0.39 is 11.7 Å². The van der Waals surface area contributed by atoms with E-state index in [0.29, 0.717) is 12.1 Å². The maximum atomic E-state index is 13.2. The zero-order valence-electron chi connectivity index (χ0n) is 15.9. The van der Waals surface area contributed by atoms with Gasteiger partial charge in [-0.25, -0.2) is 0 Å². The molecule has 2 aromatic rings. The van der Waals surface area contributed by atoms with Crippen LogP contribution in [-0.2, 0) is 12.7 Å². The number of hydrogen-bond donors (Lipinski definition) is 0. The highest BCUT2D eigenvalue weighted by Gasteiger charge is 2.43. The van der Waals surface area contributed by atoms with Gasteiger partial charge in [0.1, 0.15) is 0 Å². The summed E-state index contributed by atoms with van der Waals surface area (Å²) in [4.78, 5) is 15.5. The molecule has 0 saturated carbocycles. The maximum Gasteiger partial charge on any atom is 0.416 e. The summed E-state index contributed by atoms with van der Waals surface area (Å²) < 4.78 is 39.6. The fraction of sp³-hybridized carbons (Fsp3) is 0.435. The molecule has 2 saturated heterocycles. The van der Waals surface area contributed by atoms with Crippen molar-refractivity contribution in [3.63, 3.8) is 0 Å². The van der Waals surface area contributed by atoms with E-state index >= 15 is 0 Å². The predicted octanol–water partition coefficient (Wildman–Crippen LogP) is 5.64. The number of alkyl halides is 3. The summed E-state index contributed by atoms with van der Waals surface area (Å²) in [7, 11) is 0. The number of benzene rings is 2. The Bertz CT molecular complexity index is 848. The molecule has 4 rings (SSSR count). The molecule has 0 aliphatic carbocycles. The average Bonchev–Trinajstić information content (AvgIpc) is 2.89. The summed E-state index contributed by atoms with van der Waals surface area (Å²) in [5.74, 6) is -0.324. The molecule has 2 aliphatic heterocycles. The highest BCUT2D eigenvalue weighted by molar-refractivity contribution is 5.98. The SMILES string of the molecule is Cc1ccc(C(=O)C2CC3CCC(C2)N3Cc2ccccc2)cc1C(F)(F)F. The van der Waals surface area contributed by atoms with Crippen LogP contribution in [0.3, 0.4) is 0 Å². The van der Waals surface area contributed by atoms with E-state index in [1.165, 1.54) is 18.6 Å². The van der Waals surface area contributed by atoms with Crippen LogP contribution in [0.1, 0.15) is 52.7 Å². The summed E-state index contributed by atoms with van der Waals surface area (Å²) in [6.45, 7) is 2.30. The Labute approximate surface area is 163 Å². The fourth-order valence-corrected chi connectivity index (χ4v) is 4.86. The molecule has 28 heavy (non-hydrogen) atoms. The largest absolute Gasteiger partial charge is 0.416 e. The second-order valence-corrected chi connectivity index (χ2v) is 8.10. The van der Waals surface area contributed by atoms with E-state index in [2.05, 4.69) is 17.0 Å². The van der Waals surface area contributed by atoms with Gasteiger partial charge in [0.05, 0.1) is 5.56 Å². The highest BCUT2D eigenvalue weighted by Crippen LogP contribution is 2.41. The molecular formula is C23H24F3NO. The molecular weight excluding hydrogens is 363 g/mol. The summed E-state index contributed by atoms with van der Waals surface area (Å²) in [6.07, 6.45) is -0.848. The number of nitrogens with zero attached hydrogens (tertiary/aromatic N) is 1. The van der Waals surface area contributed by atoms with Gasteiger partial charge in [0.15, 0.2) is 5.78 Å². The van der Waals surface area contributed by atoms with Crippen LogP contribution in [0.15, 0.2) is 48.5 Å². The molecule has 2 fully saturated rings. The van der Waals surface area contributed by atoms with Gasteiger partial charge in [-0.1, -0.05) is 42.5 Å². The molecule has 2 nitrogen and oxygen atoms in total. The minimum absolute atomic E-state index is 0.137. The van der Waals surface area contributed by atoms with Gasteiger partial charge < -0.3 is 0 Å². The lowest BCUT2D eigenvalue weighted by atomic mass is 9.84. The van der Waals surface area contributed by atoms with Crippen molar-refractivity contribution in [1.29, 1.82) is 0 Å². The van der Waals surface area contributed by atoms with Crippen LogP contribution in [0.5, 0.6) is 0 Å². The first-order valence-electron chi connectivity index (χ1n) is 9.84. The number of ketones is 1. The van der Waals surface area contributed by atoms with Crippen molar-refractivity contribution in [2.24, 2.45) is 5.92 Å². The van der Waals surface area contributed by atoms with Gasteiger partial charge in [0.2, 0.25) is 0 Å². The first kappa shape index (κ1) is 19.2. The second kappa shape index (κ2) is 7.36. The number of aryl methyl sites for hydroxylation is 1. The van der Waals surface area contributed by atoms with Gasteiger partial charge in [-0.15, -0.1) is 0 Å². The Balaban J connectivity index is 1.50. The van der Waals surface area contributed by atoms with E-state index in [9.17, 15) is 18.0 Å². The van der Waals surface area contributed by atoms with E-state index in [1.54, 1.807) is 6.07 Å². The Morgan fingerprint density at radius 3 is 2.29 bits per heavy atom. The fourth-order valence-electron chi connectivity index (χ4n) is 4.86. The number of carbonyl (C=O) groups excluding carboxylic acids is 1. The molecule has 2 bridgehead atoms. The van der Waals surface area contributed by atoms with Crippen molar-refractivity contribution in [3.05, 3.63) is 70.8 Å². The lowest BCUT2D eigenvalue weighted by Gasteiger charge is -2.38. The van der Waals surface area contributed by atoms with Crippen molar-refractivity contribution in [2.45, 2.75) is 57.4 Å². The maximum absolute atomic E-state index is 13.2. The molecule has 2 heterocycles. The number of fused-ring (bicyclic) bond motifs is 2. The Morgan fingerprint density at radius 2 is 1.68 bits per heavy atom. The average molecular weight is 387 g/mol. The third-order valence-corrected chi connectivity index (χ3v) is 6.29. The number of halogens is 3. The minimum Gasteiger partial charge on any atom is -0.294 e. The molecule has 0 amide bonds. The molecule has 2 atom stereocenters. The van der Waals surface area contributed by atoms with E-state index in [-0.39, 0.29) is 22.8 Å². The molecule has 5 heteroatoms. The van der Waals surface area contributed by atoms with Crippen molar-refractivity contribution in [1.82, 2.24) is 4.90 Å². The predicted molar refractivity (Wildman–Crippen MR) is 102 cm³/mol. The standard InChI is InChI=1S/C23H24F3NO/c1-15-7-8-17(13-21(15)23(24,25)26)22(28)18-11-19-9-10-20(12-18)27(19)14-16-5-3-2-4-6-16/h2-8,13,18-20H,9-12,14H2,1H3. The summed E-state index contributed by atoms with van der Waals surface area (Å²) >= 11 is 0. The lowest BCUT2D eigenvalue weighted by molar-refractivity contribution is -0.138. The van der Waals surface area contributed by atoms with Crippen molar-refractivity contribution >= 4 is 5.78 Å². The molecule has 2 aliphatic rings. The zero-order valence-corrected chi connectivity index (χ0v) is 15.9. The highest BCUT2D eigenvalue weighted by atomic mass is 19.4. The number of rotatable bonds is 4. The first-order chi connectivity index (χ1) is 13.3. The lowest BCUT2D eigenvalue weighted by Crippen LogP contribution is -2.44. The molecule has 2 aromatic carbocycles. The topological polar surface area (TPSA) is 20.3 Å².